The first-order valence-electron chi connectivity index (χ1n) is 8.04. The van der Waals surface area contributed by atoms with E-state index >= 15 is 0 Å². The van der Waals surface area contributed by atoms with E-state index in [2.05, 4.69) is 15.9 Å². The Morgan fingerprint density at radius 3 is 2.60 bits per heavy atom. The molecule has 25 heavy (non-hydrogen) atoms. The van der Waals surface area contributed by atoms with E-state index in [0.717, 1.165) is 9.35 Å². The number of thiophene rings is 1. The van der Waals surface area contributed by atoms with Gasteiger partial charge in [-0.2, -0.15) is 0 Å². The van der Waals surface area contributed by atoms with Crippen LogP contribution in [0, 0.1) is 6.92 Å². The number of esters is 1. The molecule has 1 aromatic rings. The Balaban J connectivity index is 1.93. The second kappa shape index (κ2) is 7.86. The van der Waals surface area contributed by atoms with Crippen molar-refractivity contribution in [1.82, 2.24) is 4.90 Å². The molecule has 1 atom stereocenters. The van der Waals surface area contributed by atoms with Gasteiger partial charge in [0.2, 0.25) is 5.78 Å². The Morgan fingerprint density at radius 2 is 2.04 bits per heavy atom. The van der Waals surface area contributed by atoms with Gasteiger partial charge in [-0.3, -0.25) is 9.69 Å². The van der Waals surface area contributed by atoms with Crippen LogP contribution in [0.2, 0.25) is 0 Å². The van der Waals surface area contributed by atoms with Crippen LogP contribution in [0.3, 0.4) is 0 Å². The Labute approximate surface area is 159 Å². The number of carbonyl (C=O) groups excluding carboxylic acids is 3. The lowest BCUT2D eigenvalue weighted by Crippen LogP contribution is -2.44. The number of rotatable bonds is 4. The first-order valence-corrected chi connectivity index (χ1v) is 9.65. The summed E-state index contributed by atoms with van der Waals surface area (Å²) in [4.78, 5) is 38.6. The molecule has 1 saturated heterocycles. The summed E-state index contributed by atoms with van der Waals surface area (Å²) in [5.74, 6) is -0.821. The van der Waals surface area contributed by atoms with E-state index in [9.17, 15) is 14.4 Å². The molecule has 0 spiro atoms. The summed E-state index contributed by atoms with van der Waals surface area (Å²) in [6.07, 6.45) is 0.677. The Morgan fingerprint density at radius 1 is 1.36 bits per heavy atom. The van der Waals surface area contributed by atoms with Gasteiger partial charge in [-0.05, 0) is 68.1 Å². The minimum Gasteiger partial charge on any atom is -0.456 e. The highest BCUT2D eigenvalue weighted by Crippen LogP contribution is 2.28. The minimum absolute atomic E-state index is 0.256. The van der Waals surface area contributed by atoms with E-state index in [0.29, 0.717) is 24.3 Å². The van der Waals surface area contributed by atoms with Crippen LogP contribution < -0.4 is 0 Å². The van der Waals surface area contributed by atoms with E-state index in [4.69, 9.17) is 9.47 Å². The molecule has 1 fully saturated rings. The molecule has 0 radical (unpaired) electrons. The van der Waals surface area contributed by atoms with Gasteiger partial charge in [-0.1, -0.05) is 0 Å². The molecule has 1 amide bonds. The number of ketones is 1. The van der Waals surface area contributed by atoms with Crippen LogP contribution in [-0.4, -0.2) is 47.5 Å². The summed E-state index contributed by atoms with van der Waals surface area (Å²) >= 11 is 4.68. The number of halogens is 1. The zero-order valence-corrected chi connectivity index (χ0v) is 17.2. The van der Waals surface area contributed by atoms with Crippen molar-refractivity contribution in [3.8, 4) is 0 Å². The van der Waals surface area contributed by atoms with Crippen LogP contribution in [0.4, 0.5) is 4.79 Å². The van der Waals surface area contributed by atoms with E-state index in [1.807, 2.05) is 6.92 Å². The molecular formula is C17H22BrNO5S. The lowest BCUT2D eigenvalue weighted by atomic mass is 10.2. The normalized spacial score (nSPS) is 17.5. The number of Topliss-reactive ketones (excluding diaryl/α,β-unsaturated/α-hetero) is 1. The highest BCUT2D eigenvalue weighted by atomic mass is 79.9. The Kier molecular flexibility index (Phi) is 6.26. The van der Waals surface area contributed by atoms with Crippen LogP contribution in [0.25, 0.3) is 0 Å². The molecule has 1 aliphatic heterocycles. The van der Waals surface area contributed by atoms with Crippen molar-refractivity contribution in [1.29, 1.82) is 0 Å². The van der Waals surface area contributed by atoms with Crippen LogP contribution in [0.1, 0.15) is 48.8 Å². The molecule has 1 aliphatic rings. The molecule has 2 rings (SSSR count). The monoisotopic (exact) mass is 431 g/mol. The number of hydrogen-bond donors (Lipinski definition) is 0. The molecule has 8 heteroatoms. The van der Waals surface area contributed by atoms with Crippen molar-refractivity contribution in [2.45, 2.75) is 52.2 Å². The largest absolute Gasteiger partial charge is 0.456 e. The van der Waals surface area contributed by atoms with Gasteiger partial charge in [0.05, 0.1) is 8.66 Å². The fraction of sp³-hybridized carbons (Fsp3) is 0.588. The van der Waals surface area contributed by atoms with Gasteiger partial charge < -0.3 is 9.47 Å². The molecule has 2 heterocycles. The van der Waals surface area contributed by atoms with E-state index < -0.39 is 23.7 Å². The summed E-state index contributed by atoms with van der Waals surface area (Å²) in [7, 11) is 0. The molecule has 1 aromatic heterocycles. The number of hydrogen-bond acceptors (Lipinski definition) is 6. The molecule has 0 saturated carbocycles. The first kappa shape index (κ1) is 19.9. The van der Waals surface area contributed by atoms with Crippen LogP contribution >= 0.6 is 27.3 Å². The smallest absolute Gasteiger partial charge is 0.411 e. The van der Waals surface area contributed by atoms with Gasteiger partial charge in [0.15, 0.2) is 6.61 Å². The highest BCUT2D eigenvalue weighted by Gasteiger charge is 2.37. The van der Waals surface area contributed by atoms with Crippen molar-refractivity contribution < 1.29 is 23.9 Å². The zero-order valence-electron chi connectivity index (χ0n) is 14.8. The molecule has 0 aromatic carbocycles. The van der Waals surface area contributed by atoms with Crippen molar-refractivity contribution in [2.75, 3.05) is 13.2 Å². The number of nitrogens with zero attached hydrogens (tertiary/aromatic N) is 1. The van der Waals surface area contributed by atoms with Crippen molar-refractivity contribution in [3.63, 3.8) is 0 Å². The summed E-state index contributed by atoms with van der Waals surface area (Å²) in [5, 5.41) is 0. The number of amides is 1. The quantitative estimate of drug-likeness (QED) is 0.532. The van der Waals surface area contributed by atoms with Gasteiger partial charge >= 0.3 is 12.1 Å². The average molecular weight is 432 g/mol. The molecule has 0 aliphatic carbocycles. The number of likely N-dealkylation sites (tertiary alicyclic amines) is 1. The summed E-state index contributed by atoms with van der Waals surface area (Å²) in [6, 6.07) is 1.06. The second-order valence-corrected chi connectivity index (χ2v) is 9.30. The number of carbonyl (C=O) groups is 3. The predicted molar refractivity (Wildman–Crippen MR) is 98.0 cm³/mol. The van der Waals surface area contributed by atoms with Crippen LogP contribution in [-0.2, 0) is 14.3 Å². The van der Waals surface area contributed by atoms with E-state index in [1.165, 1.54) is 16.2 Å². The van der Waals surface area contributed by atoms with Gasteiger partial charge in [0.25, 0.3) is 0 Å². The third-order valence-corrected chi connectivity index (χ3v) is 5.81. The number of ether oxygens (including phenoxy) is 2. The lowest BCUT2D eigenvalue weighted by molar-refractivity contribution is -0.147. The van der Waals surface area contributed by atoms with Gasteiger partial charge in [0.1, 0.15) is 11.6 Å². The SMILES string of the molecule is Cc1cc(C(=O)COC(=O)[C@@H]2CCCN2C(=O)OC(C)(C)C)sc1Br. The fourth-order valence-corrected chi connectivity index (χ4v) is 3.91. The van der Waals surface area contributed by atoms with Crippen molar-refractivity contribution >= 4 is 45.1 Å². The lowest BCUT2D eigenvalue weighted by Gasteiger charge is -2.27. The average Bonchev–Trinajstić information content (AvgIpc) is 3.10. The maximum atomic E-state index is 12.3. The minimum atomic E-state index is -0.695. The summed E-state index contributed by atoms with van der Waals surface area (Å²) < 4.78 is 11.4. The van der Waals surface area contributed by atoms with Crippen molar-refractivity contribution in [2.24, 2.45) is 0 Å². The Bertz CT molecular complexity index is 660. The molecule has 6 nitrogen and oxygen atoms in total. The van der Waals surface area contributed by atoms with Crippen LogP contribution in [0.15, 0.2) is 9.85 Å². The molecule has 138 valence electrons. The van der Waals surface area contributed by atoms with Gasteiger partial charge in [-0.25, -0.2) is 9.59 Å². The van der Waals surface area contributed by atoms with E-state index in [-0.39, 0.29) is 12.4 Å². The van der Waals surface area contributed by atoms with Crippen molar-refractivity contribution in [3.05, 3.63) is 20.3 Å². The molecule has 0 N–H and O–H groups in total. The first-order chi connectivity index (χ1) is 11.6. The number of aryl methyl sites for hydroxylation is 1. The standard InChI is InChI=1S/C17H22BrNO5S/c1-10-8-13(25-14(10)18)12(20)9-23-15(21)11-6-5-7-19(11)16(22)24-17(2,3)4/h8,11H,5-7,9H2,1-4H3/t11-/m0/s1. The van der Waals surface area contributed by atoms with Crippen LogP contribution in [0.5, 0.6) is 0 Å². The topological polar surface area (TPSA) is 72.9 Å². The third-order valence-electron chi connectivity index (χ3n) is 3.63. The maximum absolute atomic E-state index is 12.3. The Hall–Kier alpha value is -1.41. The predicted octanol–water partition coefficient (Wildman–Crippen LogP) is 3.94. The van der Waals surface area contributed by atoms with Gasteiger partial charge in [0, 0.05) is 6.54 Å². The molecule has 0 unspecified atom stereocenters. The summed E-state index contributed by atoms with van der Waals surface area (Å²) in [5.41, 5.74) is 0.334. The summed E-state index contributed by atoms with van der Waals surface area (Å²) in [6.45, 7) is 7.32. The maximum Gasteiger partial charge on any atom is 0.411 e. The molecular weight excluding hydrogens is 410 g/mol. The third kappa shape index (κ3) is 5.28. The fourth-order valence-electron chi connectivity index (χ4n) is 2.45. The zero-order chi connectivity index (χ0) is 18.8. The highest BCUT2D eigenvalue weighted by molar-refractivity contribution is 9.11. The molecule has 0 bridgehead atoms. The van der Waals surface area contributed by atoms with Gasteiger partial charge in [-0.15, -0.1) is 11.3 Å². The van der Waals surface area contributed by atoms with E-state index in [1.54, 1.807) is 26.8 Å². The second-order valence-electron chi connectivity index (χ2n) is 6.93.